The maximum atomic E-state index is 13.7. The average molecular weight is 682 g/mol. The van der Waals surface area contributed by atoms with Gasteiger partial charge < -0.3 is 60.5 Å². The number of aldehydes is 1. The highest BCUT2D eigenvalue weighted by atomic mass is 33.1. The van der Waals surface area contributed by atoms with Crippen LogP contribution in [0.2, 0.25) is 0 Å². The van der Waals surface area contributed by atoms with E-state index in [0.717, 1.165) is 0 Å². The first kappa shape index (κ1) is 34.9. The molecule has 0 aromatic heterocycles. The second kappa shape index (κ2) is 14.0. The predicted octanol–water partition coefficient (Wildman–Crippen LogP) is 0.319. The number of nitrogens with two attached hydrogens (primary N) is 1. The molecule has 2 aromatic rings. The zero-order chi connectivity index (χ0) is 33.5. The first-order valence-electron chi connectivity index (χ1n) is 14.8. The van der Waals surface area contributed by atoms with Crippen molar-refractivity contribution in [3.05, 3.63) is 41.0 Å². The normalized spacial score (nSPS) is 35.1. The van der Waals surface area contributed by atoms with Crippen LogP contribution < -0.4 is 15.2 Å². The molecule has 13 nitrogen and oxygen atoms in total. The summed E-state index contributed by atoms with van der Waals surface area (Å²) in [7, 11) is 3.75. The number of Topliss-reactive ketones (excluding diaryl/α,β-unsaturated/α-hetero) is 1. The lowest BCUT2D eigenvalue weighted by Crippen LogP contribution is -2.69. The number of ketones is 1. The fraction of sp³-hybridized carbons (Fsp3) is 0.548. The van der Waals surface area contributed by atoms with Gasteiger partial charge in [-0.25, -0.2) is 0 Å². The molecule has 10 unspecified atom stereocenters. The Kier molecular flexibility index (Phi) is 10.6. The van der Waals surface area contributed by atoms with Crippen LogP contribution in [-0.2, 0) is 16.1 Å². The molecule has 2 aromatic carbocycles. The first-order valence-corrected chi connectivity index (χ1v) is 17.2. The maximum Gasteiger partial charge on any atom is 0.229 e. The molecule has 0 spiro atoms. The lowest BCUT2D eigenvalue weighted by molar-refractivity contribution is -0.305. The molecule has 15 heteroatoms. The van der Waals surface area contributed by atoms with Crippen molar-refractivity contribution in [2.75, 3.05) is 19.5 Å². The topological polar surface area (TPSA) is 229 Å². The van der Waals surface area contributed by atoms with E-state index in [4.69, 9.17) is 19.9 Å². The van der Waals surface area contributed by atoms with Crippen LogP contribution in [0.3, 0.4) is 0 Å². The summed E-state index contributed by atoms with van der Waals surface area (Å²) in [6.07, 6.45) is -5.55. The van der Waals surface area contributed by atoms with Crippen LogP contribution >= 0.6 is 21.6 Å². The Morgan fingerprint density at radius 2 is 1.91 bits per heavy atom. The van der Waals surface area contributed by atoms with Crippen LogP contribution in [0.25, 0.3) is 10.8 Å². The molecular weight excluding hydrogens is 642 g/mol. The van der Waals surface area contributed by atoms with E-state index in [1.54, 1.807) is 13.0 Å². The van der Waals surface area contributed by atoms with Gasteiger partial charge in [0.15, 0.2) is 5.78 Å². The zero-order valence-corrected chi connectivity index (χ0v) is 26.8. The number of carbonyl (C=O) groups is 2. The van der Waals surface area contributed by atoms with Gasteiger partial charge in [0.2, 0.25) is 6.29 Å². The van der Waals surface area contributed by atoms with E-state index < -0.39 is 77.6 Å². The molecule has 1 fully saturated rings. The van der Waals surface area contributed by atoms with Gasteiger partial charge in [-0.2, -0.15) is 0 Å². The van der Waals surface area contributed by atoms with Gasteiger partial charge in [0.1, 0.15) is 53.6 Å². The highest BCUT2D eigenvalue weighted by Gasteiger charge is 2.58. The number of aromatic hydroxyl groups is 1. The molecule has 252 valence electrons. The van der Waals surface area contributed by atoms with Crippen LogP contribution in [0.5, 0.6) is 17.2 Å². The van der Waals surface area contributed by atoms with Gasteiger partial charge in [-0.1, -0.05) is 33.7 Å². The molecule has 1 aliphatic carbocycles. The van der Waals surface area contributed by atoms with E-state index in [1.807, 2.05) is 0 Å². The van der Waals surface area contributed by atoms with Gasteiger partial charge in [0.05, 0.1) is 31.3 Å². The number of benzene rings is 2. The number of aryl methyl sites for hydroxylation is 1. The molecule has 46 heavy (non-hydrogen) atoms. The summed E-state index contributed by atoms with van der Waals surface area (Å²) in [4.78, 5) is 25.4. The van der Waals surface area contributed by atoms with E-state index in [9.17, 15) is 45.3 Å². The van der Waals surface area contributed by atoms with Gasteiger partial charge in [0.25, 0.3) is 0 Å². The number of aliphatic hydroxyl groups is 6. The minimum absolute atomic E-state index is 0.0207. The summed E-state index contributed by atoms with van der Waals surface area (Å²) in [6.45, 7) is 0.720. The number of carbonyl (C=O) groups excluding carboxylic acids is 2. The third kappa shape index (κ3) is 6.02. The Hall–Kier alpha value is -2.44. The second-order valence-electron chi connectivity index (χ2n) is 11.9. The number of ether oxygens (including phenoxy) is 3. The molecule has 5 rings (SSSR count). The fourth-order valence-electron chi connectivity index (χ4n) is 6.73. The van der Waals surface area contributed by atoms with E-state index in [1.165, 1.54) is 46.9 Å². The minimum atomic E-state index is -2.03. The molecule has 10 atom stereocenters. The molecular formula is C31H39NO12S2. The summed E-state index contributed by atoms with van der Waals surface area (Å²) in [5, 5.41) is 77.1. The Labute approximate surface area is 272 Å². The summed E-state index contributed by atoms with van der Waals surface area (Å²) in [5.41, 5.74) is 4.93. The summed E-state index contributed by atoms with van der Waals surface area (Å²) < 4.78 is 17.6. The minimum Gasteiger partial charge on any atom is -0.506 e. The molecule has 0 amide bonds. The smallest absolute Gasteiger partial charge is 0.229 e. The van der Waals surface area contributed by atoms with Gasteiger partial charge >= 0.3 is 0 Å². The SMILES string of the molecule is COc1cc2c3c(O)c(c(C)cc3c1CO)C(=O)CC(CO)SSCC1C(CC=O)C(N)C=CC1(O)C1OC(O2)C(O)C(O)C1O. The molecule has 9 N–H and O–H groups in total. The van der Waals surface area contributed by atoms with Crippen LogP contribution in [0.15, 0.2) is 24.3 Å². The third-order valence-electron chi connectivity index (χ3n) is 9.18. The summed E-state index contributed by atoms with van der Waals surface area (Å²) in [5.74, 6) is -2.30. The largest absolute Gasteiger partial charge is 0.506 e. The van der Waals surface area contributed by atoms with Gasteiger partial charge in [-0.05, 0) is 29.9 Å². The second-order valence-corrected chi connectivity index (χ2v) is 14.6. The van der Waals surface area contributed by atoms with Crippen LogP contribution in [0.4, 0.5) is 0 Å². The number of hydrogen-bond acceptors (Lipinski definition) is 15. The maximum absolute atomic E-state index is 13.7. The molecule has 0 radical (unpaired) electrons. The van der Waals surface area contributed by atoms with E-state index in [2.05, 4.69) is 0 Å². The van der Waals surface area contributed by atoms with Crippen LogP contribution in [0, 0.1) is 18.8 Å². The average Bonchev–Trinajstić information content (AvgIpc) is 3.02. The Morgan fingerprint density at radius 1 is 1.17 bits per heavy atom. The zero-order valence-electron chi connectivity index (χ0n) is 25.2. The Bertz CT molecular complexity index is 1510. The van der Waals surface area contributed by atoms with Gasteiger partial charge in [0, 0.05) is 47.4 Å². The first-order chi connectivity index (χ1) is 21.9. The number of hydrogen-bond donors (Lipinski definition) is 8. The van der Waals surface area contributed by atoms with Crippen molar-refractivity contribution >= 4 is 44.4 Å². The predicted molar refractivity (Wildman–Crippen MR) is 170 cm³/mol. The van der Waals surface area contributed by atoms with Gasteiger partial charge in [-0.15, -0.1) is 0 Å². The van der Waals surface area contributed by atoms with Gasteiger partial charge in [-0.3, -0.25) is 4.79 Å². The Morgan fingerprint density at radius 3 is 2.57 bits per heavy atom. The van der Waals surface area contributed by atoms with Crippen molar-refractivity contribution in [3.63, 3.8) is 0 Å². The third-order valence-corrected chi connectivity index (χ3v) is 12.0. The monoisotopic (exact) mass is 681 g/mol. The van der Waals surface area contributed by atoms with E-state index in [-0.39, 0.29) is 58.6 Å². The molecule has 3 aliphatic rings. The molecule has 4 bridgehead atoms. The highest BCUT2D eigenvalue weighted by molar-refractivity contribution is 8.76. The Balaban J connectivity index is 1.73. The number of phenols is 1. The molecule has 0 saturated carbocycles. The van der Waals surface area contributed by atoms with E-state index >= 15 is 0 Å². The lowest BCUT2D eigenvalue weighted by Gasteiger charge is -2.51. The number of phenolic OH excluding ortho intramolecular Hbond substituents is 1. The fourth-order valence-corrected chi connectivity index (χ4v) is 9.58. The number of fused-ring (bicyclic) bond motifs is 5. The highest BCUT2D eigenvalue weighted by Crippen LogP contribution is 2.48. The van der Waals surface area contributed by atoms with Crippen LogP contribution in [0.1, 0.15) is 34.3 Å². The molecule has 1 saturated heterocycles. The van der Waals surface area contributed by atoms with Crippen molar-refractivity contribution in [2.24, 2.45) is 17.6 Å². The van der Waals surface area contributed by atoms with Crippen molar-refractivity contribution in [2.45, 2.75) is 74.0 Å². The van der Waals surface area contributed by atoms with Crippen LogP contribution in [-0.4, -0.2) is 115 Å². The summed E-state index contributed by atoms with van der Waals surface area (Å²) >= 11 is 0. The number of rotatable bonds is 5. The summed E-state index contributed by atoms with van der Waals surface area (Å²) in [6, 6.07) is 2.26. The van der Waals surface area contributed by atoms with Crippen molar-refractivity contribution in [3.8, 4) is 17.2 Å². The molecule has 2 aliphatic heterocycles. The standard InChI is InChI=1S/C31H39NO12S2/c1-13-7-16-17(11-35)21(42-2)9-22-24(16)25(37)23(13)20(36)8-14(10-34)46-45-12-18-15(4-6-33)19(32)3-5-31(18,41)29-27(39)26(38)28(40)30(43-22)44-29/h3,5-7,9,14-15,18-19,26-30,34-35,37-41H,4,8,10-12,32H2,1-2H3. The van der Waals surface area contributed by atoms with Crippen molar-refractivity contribution < 1.29 is 59.5 Å². The quantitative estimate of drug-likeness (QED) is 0.121. The van der Waals surface area contributed by atoms with E-state index in [0.29, 0.717) is 11.8 Å². The molecule has 2 heterocycles. The number of methoxy groups -OCH3 is 1. The van der Waals surface area contributed by atoms with Crippen molar-refractivity contribution in [1.82, 2.24) is 0 Å². The lowest BCUT2D eigenvalue weighted by atomic mass is 9.66. The number of aliphatic hydroxyl groups excluding tert-OH is 5. The van der Waals surface area contributed by atoms with Crippen molar-refractivity contribution in [1.29, 1.82) is 0 Å².